The van der Waals surface area contributed by atoms with Gasteiger partial charge in [0, 0.05) is 5.92 Å². The first-order valence-electron chi connectivity index (χ1n) is 7.01. The Hall–Kier alpha value is -0.690. The summed E-state index contributed by atoms with van der Waals surface area (Å²) in [6.45, 7) is 2.64. The Kier molecular flexibility index (Phi) is 9.63. The first-order chi connectivity index (χ1) is 10.5. The molecule has 4 nitrogen and oxygen atoms in total. The number of aliphatic hydroxyl groups is 1. The first-order valence-corrected chi connectivity index (χ1v) is 8.59. The van der Waals surface area contributed by atoms with Crippen LogP contribution in [0.2, 0.25) is 0 Å². The van der Waals surface area contributed by atoms with Gasteiger partial charge in [0.15, 0.2) is 0 Å². The highest BCUT2D eigenvalue weighted by molar-refractivity contribution is 9.28. The second-order valence-corrected chi connectivity index (χ2v) is 7.47. The van der Waals surface area contributed by atoms with Gasteiger partial charge in [0.25, 0.3) is 0 Å². The van der Waals surface area contributed by atoms with E-state index in [0.717, 1.165) is 5.56 Å². The summed E-state index contributed by atoms with van der Waals surface area (Å²) in [5.41, 5.74) is 1.04. The molecule has 0 radical (unpaired) electrons. The van der Waals surface area contributed by atoms with Crippen LogP contribution in [0.25, 0.3) is 0 Å². The number of benzene rings is 1. The largest absolute Gasteiger partial charge is 0.466 e. The molecule has 1 aromatic carbocycles. The third-order valence-corrected chi connectivity index (χ3v) is 3.47. The third-order valence-electron chi connectivity index (χ3n) is 2.94. The summed E-state index contributed by atoms with van der Waals surface area (Å²) >= 11 is 6.50. The lowest BCUT2D eigenvalue weighted by Crippen LogP contribution is -2.27. The van der Waals surface area contributed by atoms with Gasteiger partial charge in [0.05, 0.1) is 35.7 Å². The molecule has 0 amide bonds. The van der Waals surface area contributed by atoms with E-state index in [1.54, 1.807) is 13.0 Å². The topological polar surface area (TPSA) is 55.8 Å². The summed E-state index contributed by atoms with van der Waals surface area (Å²) in [6, 6.07) is 9.72. The molecule has 0 heterocycles. The molecule has 0 unspecified atom stereocenters. The molecular formula is C16H20Br2O4. The fourth-order valence-corrected chi connectivity index (χ4v) is 2.55. The molecule has 1 aromatic rings. The van der Waals surface area contributed by atoms with E-state index in [0.29, 0.717) is 16.6 Å². The highest BCUT2D eigenvalue weighted by Gasteiger charge is 2.21. The number of carbonyl (C=O) groups is 1. The zero-order chi connectivity index (χ0) is 16.4. The number of carbonyl (C=O) groups excluding carboxylic acids is 1. The molecule has 0 fully saturated rings. The zero-order valence-corrected chi connectivity index (χ0v) is 15.5. The fraction of sp³-hybridized carbons (Fsp3) is 0.438. The van der Waals surface area contributed by atoms with Gasteiger partial charge in [-0.15, -0.1) is 0 Å². The Morgan fingerprint density at radius 2 is 2.00 bits per heavy atom. The van der Waals surface area contributed by atoms with Crippen LogP contribution in [0.3, 0.4) is 0 Å². The van der Waals surface area contributed by atoms with Crippen LogP contribution in [-0.4, -0.2) is 30.4 Å². The first kappa shape index (κ1) is 19.4. The number of hydrogen-bond donors (Lipinski definition) is 1. The second-order valence-electron chi connectivity index (χ2n) is 4.70. The molecule has 122 valence electrons. The van der Waals surface area contributed by atoms with Gasteiger partial charge in [-0.2, -0.15) is 0 Å². The molecule has 0 bridgehead atoms. The van der Waals surface area contributed by atoms with Crippen molar-refractivity contribution in [3.8, 4) is 0 Å². The van der Waals surface area contributed by atoms with E-state index in [-0.39, 0.29) is 24.9 Å². The molecule has 0 saturated heterocycles. The maximum atomic E-state index is 11.6. The SMILES string of the molecule is CCOC(=O)C[C@H](C=C(Br)Br)[C@@H](O)COCc1ccccc1. The van der Waals surface area contributed by atoms with Crippen LogP contribution in [0.1, 0.15) is 18.9 Å². The van der Waals surface area contributed by atoms with Crippen LogP contribution in [0.4, 0.5) is 0 Å². The normalized spacial score (nSPS) is 13.3. The molecule has 0 aliphatic rings. The van der Waals surface area contributed by atoms with E-state index in [9.17, 15) is 9.90 Å². The average molecular weight is 436 g/mol. The highest BCUT2D eigenvalue weighted by Crippen LogP contribution is 2.22. The van der Waals surface area contributed by atoms with Crippen molar-refractivity contribution in [3.63, 3.8) is 0 Å². The van der Waals surface area contributed by atoms with Crippen LogP contribution >= 0.6 is 31.9 Å². The molecule has 0 spiro atoms. The predicted molar refractivity (Wildman–Crippen MR) is 92.8 cm³/mol. The van der Waals surface area contributed by atoms with Crippen molar-refractivity contribution >= 4 is 37.8 Å². The molecule has 0 aliphatic heterocycles. The zero-order valence-electron chi connectivity index (χ0n) is 12.4. The third kappa shape index (κ3) is 8.08. The Morgan fingerprint density at radius 3 is 2.59 bits per heavy atom. The molecule has 1 N–H and O–H groups in total. The minimum Gasteiger partial charge on any atom is -0.466 e. The summed E-state index contributed by atoms with van der Waals surface area (Å²) in [4.78, 5) is 11.6. The maximum absolute atomic E-state index is 11.6. The van der Waals surface area contributed by atoms with Crippen molar-refractivity contribution in [1.29, 1.82) is 0 Å². The van der Waals surface area contributed by atoms with E-state index in [4.69, 9.17) is 9.47 Å². The van der Waals surface area contributed by atoms with Crippen LogP contribution < -0.4 is 0 Å². The number of hydrogen-bond acceptors (Lipinski definition) is 4. The Bertz CT molecular complexity index is 472. The molecule has 22 heavy (non-hydrogen) atoms. The number of esters is 1. The quantitative estimate of drug-likeness (QED) is 0.600. The van der Waals surface area contributed by atoms with E-state index in [1.165, 1.54) is 0 Å². The van der Waals surface area contributed by atoms with Gasteiger partial charge >= 0.3 is 5.97 Å². The highest BCUT2D eigenvalue weighted by atomic mass is 79.9. The van der Waals surface area contributed by atoms with Crippen LogP contribution in [0.15, 0.2) is 39.8 Å². The number of aliphatic hydroxyl groups excluding tert-OH is 1. The molecule has 6 heteroatoms. The van der Waals surface area contributed by atoms with Gasteiger partial charge in [0.1, 0.15) is 0 Å². The van der Waals surface area contributed by atoms with Crippen molar-refractivity contribution in [2.45, 2.75) is 26.1 Å². The lowest BCUT2D eigenvalue weighted by molar-refractivity contribution is -0.145. The van der Waals surface area contributed by atoms with Gasteiger partial charge in [0.2, 0.25) is 0 Å². The van der Waals surface area contributed by atoms with Crippen molar-refractivity contribution in [1.82, 2.24) is 0 Å². The van der Waals surface area contributed by atoms with E-state index < -0.39 is 6.10 Å². The van der Waals surface area contributed by atoms with Gasteiger partial charge in [-0.1, -0.05) is 36.4 Å². The molecule has 0 saturated carbocycles. The minimum absolute atomic E-state index is 0.102. The van der Waals surface area contributed by atoms with Crippen molar-refractivity contribution < 1.29 is 19.4 Å². The summed E-state index contributed by atoms with van der Waals surface area (Å²) in [5.74, 6) is -0.726. The standard InChI is InChI=1S/C16H20Br2O4/c1-2-22-16(20)9-13(8-15(17)18)14(19)11-21-10-12-6-4-3-5-7-12/h3-8,13-14,19H,2,9-11H2,1H3/t13-,14-/m0/s1. The molecule has 1 rings (SSSR count). The van der Waals surface area contributed by atoms with Gasteiger partial charge in [-0.3, -0.25) is 4.79 Å². The molecule has 0 aliphatic carbocycles. The van der Waals surface area contributed by atoms with Gasteiger partial charge in [-0.25, -0.2) is 0 Å². The van der Waals surface area contributed by atoms with Crippen LogP contribution in [0.5, 0.6) is 0 Å². The van der Waals surface area contributed by atoms with E-state index in [2.05, 4.69) is 31.9 Å². The van der Waals surface area contributed by atoms with Crippen molar-refractivity contribution in [2.24, 2.45) is 5.92 Å². The Labute approximate surface area is 147 Å². The summed E-state index contributed by atoms with van der Waals surface area (Å²) in [6.07, 6.45) is 1.04. The average Bonchev–Trinajstić information content (AvgIpc) is 2.47. The summed E-state index contributed by atoms with van der Waals surface area (Å²) in [7, 11) is 0. The van der Waals surface area contributed by atoms with Gasteiger partial charge in [-0.05, 0) is 44.3 Å². The maximum Gasteiger partial charge on any atom is 0.306 e. The Morgan fingerprint density at radius 1 is 1.32 bits per heavy atom. The molecule has 2 atom stereocenters. The Balaban J connectivity index is 2.50. The lowest BCUT2D eigenvalue weighted by atomic mass is 9.99. The van der Waals surface area contributed by atoms with Crippen LogP contribution in [-0.2, 0) is 20.9 Å². The molecule has 0 aromatic heterocycles. The smallest absolute Gasteiger partial charge is 0.306 e. The van der Waals surface area contributed by atoms with E-state index >= 15 is 0 Å². The molecular weight excluding hydrogens is 416 g/mol. The fourth-order valence-electron chi connectivity index (χ4n) is 1.88. The monoisotopic (exact) mass is 434 g/mol. The van der Waals surface area contributed by atoms with Crippen LogP contribution in [0, 0.1) is 5.92 Å². The summed E-state index contributed by atoms with van der Waals surface area (Å²) in [5, 5.41) is 10.2. The minimum atomic E-state index is -0.793. The number of ether oxygens (including phenoxy) is 2. The van der Waals surface area contributed by atoms with Gasteiger partial charge < -0.3 is 14.6 Å². The number of halogens is 2. The second kappa shape index (κ2) is 10.9. The lowest BCUT2D eigenvalue weighted by Gasteiger charge is -2.19. The van der Waals surface area contributed by atoms with Crippen molar-refractivity contribution in [3.05, 3.63) is 45.4 Å². The van der Waals surface area contributed by atoms with Crippen molar-refractivity contribution in [2.75, 3.05) is 13.2 Å². The summed E-state index contributed by atoms with van der Waals surface area (Å²) < 4.78 is 11.1. The predicted octanol–water partition coefficient (Wildman–Crippen LogP) is 3.76. The number of rotatable bonds is 9. The van der Waals surface area contributed by atoms with E-state index in [1.807, 2.05) is 30.3 Å².